The fraction of sp³-hybridized carbons (Fsp3) is 0.400. The van der Waals surface area contributed by atoms with Gasteiger partial charge in [0.1, 0.15) is 5.82 Å². The SMILES string of the molecule is NCc1cccc(F)c1CCC(O)P. The quantitative estimate of drug-likeness (QED) is 0.746. The number of halogens is 1. The van der Waals surface area contributed by atoms with E-state index in [0.29, 0.717) is 24.9 Å². The first-order valence-electron chi connectivity index (χ1n) is 4.55. The van der Waals surface area contributed by atoms with Crippen molar-refractivity contribution in [2.24, 2.45) is 5.73 Å². The van der Waals surface area contributed by atoms with Gasteiger partial charge in [0.05, 0.1) is 5.85 Å². The van der Waals surface area contributed by atoms with Gasteiger partial charge in [0, 0.05) is 6.54 Å². The molecule has 4 heteroatoms. The fourth-order valence-corrected chi connectivity index (χ4v) is 1.53. The number of nitrogens with two attached hydrogens (primary N) is 1. The van der Waals surface area contributed by atoms with Crippen molar-refractivity contribution in [2.45, 2.75) is 25.2 Å². The standard InChI is InChI=1S/C10H15FNOP/c11-9-3-1-2-7(6-12)8(9)4-5-10(13)14/h1-3,10,13H,4-6,12,14H2. The summed E-state index contributed by atoms with van der Waals surface area (Å²) in [7, 11) is 2.28. The molecule has 0 radical (unpaired) electrons. The highest BCUT2D eigenvalue weighted by molar-refractivity contribution is 7.17. The number of hydrogen-bond acceptors (Lipinski definition) is 2. The smallest absolute Gasteiger partial charge is 0.126 e. The second-order valence-electron chi connectivity index (χ2n) is 3.19. The lowest BCUT2D eigenvalue weighted by atomic mass is 10.0. The minimum Gasteiger partial charge on any atom is -0.389 e. The van der Waals surface area contributed by atoms with Gasteiger partial charge < -0.3 is 10.8 Å². The summed E-state index contributed by atoms with van der Waals surface area (Å²) >= 11 is 0. The first-order valence-corrected chi connectivity index (χ1v) is 5.21. The molecule has 1 aromatic rings. The van der Waals surface area contributed by atoms with Gasteiger partial charge in [0.25, 0.3) is 0 Å². The van der Waals surface area contributed by atoms with Crippen LogP contribution in [0.25, 0.3) is 0 Å². The number of aliphatic hydroxyl groups excluding tert-OH is 1. The van der Waals surface area contributed by atoms with Gasteiger partial charge in [-0.3, -0.25) is 0 Å². The Labute approximate surface area is 85.5 Å². The summed E-state index contributed by atoms with van der Waals surface area (Å²) in [5, 5.41) is 9.08. The number of hydrogen-bond donors (Lipinski definition) is 2. The van der Waals surface area contributed by atoms with E-state index in [1.54, 1.807) is 6.07 Å². The van der Waals surface area contributed by atoms with Crippen LogP contribution in [0.2, 0.25) is 0 Å². The van der Waals surface area contributed by atoms with Crippen molar-refractivity contribution in [3.63, 3.8) is 0 Å². The number of benzene rings is 1. The lowest BCUT2D eigenvalue weighted by Gasteiger charge is -2.09. The highest BCUT2D eigenvalue weighted by atomic mass is 31.0. The molecule has 0 saturated carbocycles. The zero-order chi connectivity index (χ0) is 10.6. The van der Waals surface area contributed by atoms with E-state index in [1.807, 2.05) is 6.07 Å². The molecule has 2 unspecified atom stereocenters. The molecular weight excluding hydrogens is 200 g/mol. The minimum atomic E-state index is -0.486. The molecule has 2 atom stereocenters. The topological polar surface area (TPSA) is 46.2 Å². The Balaban J connectivity index is 2.82. The van der Waals surface area contributed by atoms with Crippen molar-refractivity contribution in [3.8, 4) is 0 Å². The minimum absolute atomic E-state index is 0.237. The second kappa shape index (κ2) is 5.40. The van der Waals surface area contributed by atoms with Crippen molar-refractivity contribution in [1.29, 1.82) is 0 Å². The number of aliphatic hydroxyl groups is 1. The Kier molecular flexibility index (Phi) is 4.46. The Bertz CT molecular complexity index is 304. The van der Waals surface area contributed by atoms with Gasteiger partial charge in [-0.05, 0) is 30.0 Å². The summed E-state index contributed by atoms with van der Waals surface area (Å²) in [4.78, 5) is 0. The summed E-state index contributed by atoms with van der Waals surface area (Å²) in [6, 6.07) is 4.88. The van der Waals surface area contributed by atoms with E-state index in [-0.39, 0.29) is 5.82 Å². The van der Waals surface area contributed by atoms with Gasteiger partial charge >= 0.3 is 0 Å². The molecule has 78 valence electrons. The predicted molar refractivity (Wildman–Crippen MR) is 58.3 cm³/mol. The molecule has 0 fully saturated rings. The molecule has 0 aromatic heterocycles. The number of rotatable bonds is 4. The van der Waals surface area contributed by atoms with Crippen LogP contribution in [0.15, 0.2) is 18.2 Å². The third-order valence-corrected chi connectivity index (χ3v) is 2.46. The molecule has 0 aliphatic rings. The van der Waals surface area contributed by atoms with E-state index in [1.165, 1.54) is 6.07 Å². The Hall–Kier alpha value is -0.500. The van der Waals surface area contributed by atoms with Crippen LogP contribution < -0.4 is 5.73 Å². The molecule has 2 nitrogen and oxygen atoms in total. The van der Waals surface area contributed by atoms with Crippen molar-refractivity contribution < 1.29 is 9.50 Å². The molecule has 0 spiro atoms. The van der Waals surface area contributed by atoms with Gasteiger partial charge in [0.15, 0.2) is 0 Å². The second-order valence-corrected chi connectivity index (χ2v) is 3.96. The lowest BCUT2D eigenvalue weighted by molar-refractivity contribution is 0.251. The normalized spacial score (nSPS) is 12.9. The van der Waals surface area contributed by atoms with Crippen LogP contribution in [-0.2, 0) is 13.0 Å². The average molecular weight is 215 g/mol. The monoisotopic (exact) mass is 215 g/mol. The molecule has 1 rings (SSSR count). The molecule has 1 aromatic carbocycles. The van der Waals surface area contributed by atoms with E-state index in [4.69, 9.17) is 10.8 Å². The van der Waals surface area contributed by atoms with E-state index >= 15 is 0 Å². The van der Waals surface area contributed by atoms with Crippen molar-refractivity contribution >= 4 is 9.24 Å². The van der Waals surface area contributed by atoms with Crippen LogP contribution >= 0.6 is 9.24 Å². The first kappa shape index (κ1) is 11.6. The predicted octanol–water partition coefficient (Wildman–Crippen LogP) is 1.41. The summed E-state index contributed by atoms with van der Waals surface area (Å²) in [6.07, 6.45) is 1.04. The largest absolute Gasteiger partial charge is 0.389 e. The van der Waals surface area contributed by atoms with E-state index in [9.17, 15) is 4.39 Å². The maximum Gasteiger partial charge on any atom is 0.126 e. The average Bonchev–Trinajstić information content (AvgIpc) is 2.15. The molecule has 0 bridgehead atoms. The Morgan fingerprint density at radius 3 is 2.79 bits per heavy atom. The van der Waals surface area contributed by atoms with Gasteiger partial charge in [-0.15, -0.1) is 9.24 Å². The molecule has 0 saturated heterocycles. The van der Waals surface area contributed by atoms with Crippen LogP contribution in [0.5, 0.6) is 0 Å². The first-order chi connectivity index (χ1) is 6.65. The van der Waals surface area contributed by atoms with E-state index < -0.39 is 5.85 Å². The zero-order valence-electron chi connectivity index (χ0n) is 7.91. The third-order valence-electron chi connectivity index (χ3n) is 2.13. The van der Waals surface area contributed by atoms with Crippen LogP contribution in [0, 0.1) is 5.82 Å². The summed E-state index contributed by atoms with van der Waals surface area (Å²) in [6.45, 7) is 0.333. The highest BCUT2D eigenvalue weighted by Gasteiger charge is 2.08. The molecule has 3 N–H and O–H groups in total. The third kappa shape index (κ3) is 3.02. The summed E-state index contributed by atoms with van der Waals surface area (Å²) < 4.78 is 13.3. The Morgan fingerprint density at radius 2 is 2.21 bits per heavy atom. The molecule has 0 aliphatic heterocycles. The lowest BCUT2D eigenvalue weighted by Crippen LogP contribution is -2.06. The van der Waals surface area contributed by atoms with Crippen LogP contribution in [0.1, 0.15) is 17.5 Å². The van der Waals surface area contributed by atoms with Crippen LogP contribution in [-0.4, -0.2) is 11.0 Å². The van der Waals surface area contributed by atoms with Gasteiger partial charge in [-0.25, -0.2) is 4.39 Å². The summed E-state index contributed by atoms with van der Waals surface area (Å²) in [5.74, 6) is -0.723. The maximum absolute atomic E-state index is 13.3. The van der Waals surface area contributed by atoms with Crippen molar-refractivity contribution in [3.05, 3.63) is 35.1 Å². The molecule has 0 heterocycles. The molecule has 0 aliphatic carbocycles. The maximum atomic E-state index is 13.3. The molecule has 14 heavy (non-hydrogen) atoms. The van der Waals surface area contributed by atoms with Gasteiger partial charge in [-0.1, -0.05) is 12.1 Å². The highest BCUT2D eigenvalue weighted by Crippen LogP contribution is 2.17. The Morgan fingerprint density at radius 1 is 1.50 bits per heavy atom. The van der Waals surface area contributed by atoms with Gasteiger partial charge in [-0.2, -0.15) is 0 Å². The zero-order valence-corrected chi connectivity index (χ0v) is 9.07. The molecular formula is C10H15FNOP. The van der Waals surface area contributed by atoms with E-state index in [0.717, 1.165) is 5.56 Å². The van der Waals surface area contributed by atoms with Crippen molar-refractivity contribution in [2.75, 3.05) is 0 Å². The fourth-order valence-electron chi connectivity index (χ4n) is 1.37. The van der Waals surface area contributed by atoms with Crippen molar-refractivity contribution in [1.82, 2.24) is 0 Å². The van der Waals surface area contributed by atoms with E-state index in [2.05, 4.69) is 9.24 Å². The van der Waals surface area contributed by atoms with Crippen LogP contribution in [0.3, 0.4) is 0 Å². The summed E-state index contributed by atoms with van der Waals surface area (Å²) in [5.41, 5.74) is 6.93. The molecule has 0 amide bonds. The van der Waals surface area contributed by atoms with Crippen LogP contribution in [0.4, 0.5) is 4.39 Å². The van der Waals surface area contributed by atoms with Gasteiger partial charge in [0.2, 0.25) is 0 Å².